The van der Waals surface area contributed by atoms with E-state index in [-0.39, 0.29) is 0 Å². The molecule has 0 atom stereocenters. The lowest BCUT2D eigenvalue weighted by atomic mass is 10.1. The number of fused-ring (bicyclic) bond motifs is 1. The molecule has 0 aliphatic rings. The van der Waals surface area contributed by atoms with Gasteiger partial charge in [0.05, 0.1) is 23.9 Å². The molecule has 0 aliphatic carbocycles. The van der Waals surface area contributed by atoms with Crippen LogP contribution in [0.3, 0.4) is 0 Å². The van der Waals surface area contributed by atoms with E-state index in [4.69, 9.17) is 4.74 Å². The van der Waals surface area contributed by atoms with Crippen molar-refractivity contribution in [3.63, 3.8) is 0 Å². The van der Waals surface area contributed by atoms with Crippen molar-refractivity contribution in [2.75, 3.05) is 12.4 Å². The van der Waals surface area contributed by atoms with Gasteiger partial charge in [0.1, 0.15) is 17.1 Å². The Hall–Kier alpha value is -3.92. The van der Waals surface area contributed by atoms with Gasteiger partial charge in [-0.15, -0.1) is 16.4 Å². The molecule has 0 fully saturated rings. The third kappa shape index (κ3) is 3.36. The van der Waals surface area contributed by atoms with E-state index in [1.807, 2.05) is 41.8 Å². The van der Waals surface area contributed by atoms with Crippen LogP contribution < -0.4 is 10.1 Å². The third-order valence-electron chi connectivity index (χ3n) is 4.28. The van der Waals surface area contributed by atoms with Crippen molar-refractivity contribution < 1.29 is 4.74 Å². The standard InChI is InChI=1S/C19H14N8OS/c1-28-17-9-16-12(7-15(17)18-20-5-6-29-18)10-21-19(24-16)23-13-3-2-4-14(8-13)27-11-22-25-26-27/h2-11H,1H3,(H,21,23,24). The maximum Gasteiger partial charge on any atom is 0.227 e. The molecule has 1 N–H and O–H groups in total. The minimum absolute atomic E-state index is 0.482. The van der Waals surface area contributed by atoms with Crippen molar-refractivity contribution in [2.24, 2.45) is 0 Å². The Labute approximate surface area is 169 Å². The van der Waals surface area contributed by atoms with Crippen LogP contribution in [0.2, 0.25) is 0 Å². The molecule has 0 amide bonds. The summed E-state index contributed by atoms with van der Waals surface area (Å²) in [7, 11) is 1.64. The van der Waals surface area contributed by atoms with Crippen molar-refractivity contribution in [1.82, 2.24) is 35.2 Å². The molecule has 0 bridgehead atoms. The predicted octanol–water partition coefficient (Wildman–Crippen LogP) is 3.48. The first kappa shape index (κ1) is 17.2. The zero-order valence-corrected chi connectivity index (χ0v) is 16.0. The molecule has 9 nitrogen and oxygen atoms in total. The molecular weight excluding hydrogens is 388 g/mol. The lowest BCUT2D eigenvalue weighted by molar-refractivity contribution is 0.417. The van der Waals surface area contributed by atoms with E-state index in [1.165, 1.54) is 6.33 Å². The van der Waals surface area contributed by atoms with Gasteiger partial charge in [0.15, 0.2) is 0 Å². The summed E-state index contributed by atoms with van der Waals surface area (Å²) in [5, 5.41) is 18.2. The first-order chi connectivity index (χ1) is 14.3. The van der Waals surface area contributed by atoms with Crippen LogP contribution in [0, 0.1) is 0 Å². The molecule has 0 saturated heterocycles. The normalized spacial score (nSPS) is 10.9. The summed E-state index contributed by atoms with van der Waals surface area (Å²) in [6.07, 6.45) is 5.10. The van der Waals surface area contributed by atoms with E-state index < -0.39 is 0 Å². The van der Waals surface area contributed by atoms with Gasteiger partial charge in [0.25, 0.3) is 0 Å². The maximum atomic E-state index is 5.56. The quantitative estimate of drug-likeness (QED) is 0.476. The van der Waals surface area contributed by atoms with Crippen LogP contribution in [0.1, 0.15) is 0 Å². The average Bonchev–Trinajstić information content (AvgIpc) is 3.47. The molecule has 2 aromatic carbocycles. The highest BCUT2D eigenvalue weighted by molar-refractivity contribution is 7.13. The summed E-state index contributed by atoms with van der Waals surface area (Å²) in [6, 6.07) is 11.5. The number of benzene rings is 2. The molecule has 0 radical (unpaired) electrons. The fourth-order valence-corrected chi connectivity index (χ4v) is 3.61. The molecular formula is C19H14N8OS. The number of thiazole rings is 1. The Balaban J connectivity index is 1.49. The second kappa shape index (κ2) is 7.24. The number of aromatic nitrogens is 7. The van der Waals surface area contributed by atoms with E-state index in [0.717, 1.165) is 38.6 Å². The van der Waals surface area contributed by atoms with Crippen LogP contribution in [0.4, 0.5) is 11.6 Å². The molecule has 142 valence electrons. The Bertz CT molecular complexity index is 1270. The van der Waals surface area contributed by atoms with Gasteiger partial charge in [-0.1, -0.05) is 6.07 Å². The van der Waals surface area contributed by atoms with E-state index >= 15 is 0 Å². The van der Waals surface area contributed by atoms with Gasteiger partial charge in [-0.3, -0.25) is 0 Å². The molecule has 0 spiro atoms. The van der Waals surface area contributed by atoms with Gasteiger partial charge in [-0.2, -0.15) is 0 Å². The van der Waals surface area contributed by atoms with Crippen molar-refractivity contribution >= 4 is 33.9 Å². The summed E-state index contributed by atoms with van der Waals surface area (Å²) < 4.78 is 7.14. The third-order valence-corrected chi connectivity index (χ3v) is 5.09. The molecule has 3 aromatic heterocycles. The van der Waals surface area contributed by atoms with Crippen molar-refractivity contribution in [1.29, 1.82) is 0 Å². The lowest BCUT2D eigenvalue weighted by Gasteiger charge is -2.10. The Morgan fingerprint density at radius 3 is 2.90 bits per heavy atom. The lowest BCUT2D eigenvalue weighted by Crippen LogP contribution is -2.00. The number of rotatable bonds is 5. The van der Waals surface area contributed by atoms with Crippen LogP contribution >= 0.6 is 11.3 Å². The smallest absolute Gasteiger partial charge is 0.227 e. The summed E-state index contributed by atoms with van der Waals surface area (Å²) in [5.74, 6) is 1.20. The minimum Gasteiger partial charge on any atom is -0.496 e. The molecule has 3 heterocycles. The topological polar surface area (TPSA) is 104 Å². The predicted molar refractivity (Wildman–Crippen MR) is 110 cm³/mol. The van der Waals surface area contributed by atoms with Crippen LogP contribution in [0.5, 0.6) is 5.75 Å². The van der Waals surface area contributed by atoms with Crippen molar-refractivity contribution in [3.05, 3.63) is 60.5 Å². The second-order valence-electron chi connectivity index (χ2n) is 6.07. The number of methoxy groups -OCH3 is 1. The highest BCUT2D eigenvalue weighted by Gasteiger charge is 2.12. The van der Waals surface area contributed by atoms with Gasteiger partial charge in [-0.25, -0.2) is 19.6 Å². The zero-order valence-electron chi connectivity index (χ0n) is 15.2. The average molecular weight is 402 g/mol. The maximum absolute atomic E-state index is 5.56. The minimum atomic E-state index is 0.482. The Kier molecular flexibility index (Phi) is 4.30. The highest BCUT2D eigenvalue weighted by Crippen LogP contribution is 2.34. The highest BCUT2D eigenvalue weighted by atomic mass is 32.1. The van der Waals surface area contributed by atoms with Gasteiger partial charge in [-0.05, 0) is 34.7 Å². The van der Waals surface area contributed by atoms with Crippen LogP contribution in [0.15, 0.2) is 60.5 Å². The summed E-state index contributed by atoms with van der Waals surface area (Å²) in [6.45, 7) is 0. The number of anilines is 2. The number of ether oxygens (including phenoxy) is 1. The summed E-state index contributed by atoms with van der Waals surface area (Å²) in [4.78, 5) is 13.4. The molecule has 0 unspecified atom stereocenters. The van der Waals surface area contributed by atoms with E-state index in [0.29, 0.717) is 5.95 Å². The van der Waals surface area contributed by atoms with Crippen LogP contribution in [-0.4, -0.2) is 42.3 Å². The van der Waals surface area contributed by atoms with E-state index in [9.17, 15) is 0 Å². The van der Waals surface area contributed by atoms with Gasteiger partial charge in [0.2, 0.25) is 5.95 Å². The fraction of sp³-hybridized carbons (Fsp3) is 0.0526. The van der Waals surface area contributed by atoms with Gasteiger partial charge in [0, 0.05) is 34.9 Å². The number of nitrogens with one attached hydrogen (secondary N) is 1. The number of hydrogen-bond acceptors (Lipinski definition) is 9. The fourth-order valence-electron chi connectivity index (χ4n) is 2.95. The first-order valence-electron chi connectivity index (χ1n) is 8.65. The Morgan fingerprint density at radius 2 is 2.10 bits per heavy atom. The van der Waals surface area contributed by atoms with E-state index in [1.54, 1.807) is 35.5 Å². The molecule has 29 heavy (non-hydrogen) atoms. The monoisotopic (exact) mass is 402 g/mol. The van der Waals surface area contributed by atoms with Crippen molar-refractivity contribution in [3.8, 4) is 22.0 Å². The van der Waals surface area contributed by atoms with Crippen LogP contribution in [-0.2, 0) is 0 Å². The first-order valence-corrected chi connectivity index (χ1v) is 9.53. The zero-order chi connectivity index (χ0) is 19.6. The molecule has 0 saturated carbocycles. The molecule has 0 aliphatic heterocycles. The number of hydrogen-bond donors (Lipinski definition) is 1. The second-order valence-corrected chi connectivity index (χ2v) is 6.97. The SMILES string of the molecule is COc1cc2nc(Nc3cccc(-n4cnnn4)c3)ncc2cc1-c1nccs1. The molecule has 5 rings (SSSR count). The number of tetrazole rings is 1. The Morgan fingerprint density at radius 1 is 1.14 bits per heavy atom. The summed E-state index contributed by atoms with van der Waals surface area (Å²) in [5.41, 5.74) is 3.35. The molecule has 5 aromatic rings. The van der Waals surface area contributed by atoms with Crippen LogP contribution in [0.25, 0.3) is 27.2 Å². The van der Waals surface area contributed by atoms with Gasteiger partial charge < -0.3 is 10.1 Å². The largest absolute Gasteiger partial charge is 0.496 e. The van der Waals surface area contributed by atoms with Crippen molar-refractivity contribution in [2.45, 2.75) is 0 Å². The van der Waals surface area contributed by atoms with Gasteiger partial charge >= 0.3 is 0 Å². The van der Waals surface area contributed by atoms with E-state index in [2.05, 4.69) is 35.8 Å². The molecule has 10 heteroatoms. The number of nitrogens with zero attached hydrogens (tertiary/aromatic N) is 7. The summed E-state index contributed by atoms with van der Waals surface area (Å²) >= 11 is 1.56.